The van der Waals surface area contributed by atoms with Gasteiger partial charge in [0.1, 0.15) is 0 Å². The molecular formula is C10H9S. The van der Waals surface area contributed by atoms with Crippen molar-refractivity contribution in [1.82, 2.24) is 0 Å². The van der Waals surface area contributed by atoms with Gasteiger partial charge in [-0.05, 0) is 23.4 Å². The summed E-state index contributed by atoms with van der Waals surface area (Å²) in [6.45, 7) is 2.18. The van der Waals surface area contributed by atoms with Crippen molar-refractivity contribution in [1.29, 1.82) is 0 Å². The topological polar surface area (TPSA) is 0 Å². The fraction of sp³-hybridized carbons (Fsp3) is 0.200. The molecule has 0 N–H and O–H groups in total. The first-order chi connectivity index (χ1) is 5.40. The molecule has 0 bridgehead atoms. The standard InChI is InChI=1S/C10H9S/c1-2-8-3-4-9-5-6-11-10(9)7-8/h3-4,6-7H,2H2,1H3. The molecule has 0 spiro atoms. The van der Waals surface area contributed by atoms with Gasteiger partial charge in [0.05, 0.1) is 0 Å². The third-order valence-corrected chi connectivity index (χ3v) is 2.68. The van der Waals surface area contributed by atoms with E-state index in [1.807, 2.05) is 5.38 Å². The SMILES string of the molecule is CCc1ccc2[c]csc2c1. The van der Waals surface area contributed by atoms with E-state index in [4.69, 9.17) is 0 Å². The van der Waals surface area contributed by atoms with Gasteiger partial charge in [-0.3, -0.25) is 0 Å². The molecule has 55 valence electrons. The van der Waals surface area contributed by atoms with Gasteiger partial charge in [-0.1, -0.05) is 19.1 Å². The summed E-state index contributed by atoms with van der Waals surface area (Å²) in [5.74, 6) is 0. The first-order valence-electron chi connectivity index (χ1n) is 3.78. The van der Waals surface area contributed by atoms with Gasteiger partial charge in [-0.2, -0.15) is 0 Å². The van der Waals surface area contributed by atoms with E-state index in [2.05, 4.69) is 31.2 Å². The van der Waals surface area contributed by atoms with Crippen molar-refractivity contribution in [3.05, 3.63) is 35.2 Å². The quantitative estimate of drug-likeness (QED) is 0.602. The van der Waals surface area contributed by atoms with Crippen LogP contribution in [0.4, 0.5) is 0 Å². The fourth-order valence-corrected chi connectivity index (χ4v) is 1.95. The summed E-state index contributed by atoms with van der Waals surface area (Å²) < 4.78 is 1.35. The van der Waals surface area contributed by atoms with E-state index in [1.165, 1.54) is 15.6 Å². The highest BCUT2D eigenvalue weighted by Gasteiger charge is 1.94. The molecule has 0 nitrogen and oxygen atoms in total. The Morgan fingerprint density at radius 2 is 2.36 bits per heavy atom. The second-order valence-electron chi connectivity index (χ2n) is 2.56. The number of thiophene rings is 1. The van der Waals surface area contributed by atoms with Gasteiger partial charge in [-0.25, -0.2) is 0 Å². The van der Waals surface area contributed by atoms with Crippen LogP contribution in [-0.2, 0) is 6.42 Å². The molecule has 0 amide bonds. The molecule has 1 aromatic carbocycles. The van der Waals surface area contributed by atoms with Crippen LogP contribution in [-0.4, -0.2) is 0 Å². The third-order valence-electron chi connectivity index (χ3n) is 1.85. The van der Waals surface area contributed by atoms with Crippen LogP contribution in [0.25, 0.3) is 10.1 Å². The Morgan fingerprint density at radius 3 is 3.18 bits per heavy atom. The highest BCUT2D eigenvalue weighted by Crippen LogP contribution is 2.21. The summed E-state index contributed by atoms with van der Waals surface area (Å²) >= 11 is 1.76. The number of benzene rings is 1. The largest absolute Gasteiger partial charge is 0.143 e. The molecule has 0 unspecified atom stereocenters. The molecule has 0 saturated heterocycles. The zero-order valence-electron chi connectivity index (χ0n) is 6.42. The van der Waals surface area contributed by atoms with Gasteiger partial charge in [-0.15, -0.1) is 11.3 Å². The Balaban J connectivity index is 2.67. The van der Waals surface area contributed by atoms with Crippen molar-refractivity contribution in [3.8, 4) is 0 Å². The van der Waals surface area contributed by atoms with E-state index in [-0.39, 0.29) is 0 Å². The lowest BCUT2D eigenvalue weighted by molar-refractivity contribution is 1.15. The number of rotatable bonds is 1. The summed E-state index contributed by atoms with van der Waals surface area (Å²) in [5, 5.41) is 3.26. The monoisotopic (exact) mass is 161 g/mol. The zero-order chi connectivity index (χ0) is 7.68. The van der Waals surface area contributed by atoms with E-state index in [1.54, 1.807) is 11.3 Å². The van der Waals surface area contributed by atoms with Crippen LogP contribution in [0.2, 0.25) is 0 Å². The molecule has 0 aliphatic carbocycles. The summed E-state index contributed by atoms with van der Waals surface area (Å²) in [5.41, 5.74) is 1.41. The predicted octanol–water partition coefficient (Wildman–Crippen LogP) is 3.26. The normalized spacial score (nSPS) is 10.6. The summed E-state index contributed by atoms with van der Waals surface area (Å²) in [6, 6.07) is 9.75. The first-order valence-corrected chi connectivity index (χ1v) is 4.66. The molecule has 2 aromatic rings. The summed E-state index contributed by atoms with van der Waals surface area (Å²) in [6.07, 6.45) is 1.12. The second-order valence-corrected chi connectivity index (χ2v) is 3.48. The average Bonchev–Trinajstić information content (AvgIpc) is 2.50. The van der Waals surface area contributed by atoms with E-state index < -0.39 is 0 Å². The van der Waals surface area contributed by atoms with Gasteiger partial charge < -0.3 is 0 Å². The van der Waals surface area contributed by atoms with Crippen LogP contribution in [0.15, 0.2) is 23.6 Å². The van der Waals surface area contributed by atoms with Gasteiger partial charge in [0, 0.05) is 16.2 Å². The van der Waals surface area contributed by atoms with Crippen LogP contribution in [0.5, 0.6) is 0 Å². The van der Waals surface area contributed by atoms with Crippen molar-refractivity contribution in [2.24, 2.45) is 0 Å². The summed E-state index contributed by atoms with van der Waals surface area (Å²) in [4.78, 5) is 0. The minimum Gasteiger partial charge on any atom is -0.143 e. The number of fused-ring (bicyclic) bond motifs is 1. The Labute approximate surface area is 70.5 Å². The molecule has 0 fully saturated rings. The molecule has 0 aliphatic heterocycles. The van der Waals surface area contributed by atoms with E-state index in [9.17, 15) is 0 Å². The molecule has 0 aliphatic rings. The molecule has 0 atom stereocenters. The lowest BCUT2D eigenvalue weighted by Gasteiger charge is -1.94. The Bertz CT molecular complexity index is 360. The fourth-order valence-electron chi connectivity index (χ4n) is 1.16. The first kappa shape index (κ1) is 6.86. The van der Waals surface area contributed by atoms with Crippen LogP contribution in [0.3, 0.4) is 0 Å². The van der Waals surface area contributed by atoms with Crippen LogP contribution >= 0.6 is 11.3 Å². The molecule has 2 rings (SSSR count). The van der Waals surface area contributed by atoms with Crippen LogP contribution in [0.1, 0.15) is 12.5 Å². The predicted molar refractivity (Wildman–Crippen MR) is 50.0 cm³/mol. The Hall–Kier alpha value is -0.820. The lowest BCUT2D eigenvalue weighted by Crippen LogP contribution is -1.75. The maximum absolute atomic E-state index is 3.19. The van der Waals surface area contributed by atoms with Crippen molar-refractivity contribution < 1.29 is 0 Å². The van der Waals surface area contributed by atoms with E-state index in [0.717, 1.165) is 6.42 Å². The minimum atomic E-state index is 1.12. The van der Waals surface area contributed by atoms with E-state index in [0.29, 0.717) is 0 Å². The Morgan fingerprint density at radius 1 is 1.45 bits per heavy atom. The van der Waals surface area contributed by atoms with Gasteiger partial charge in [0.15, 0.2) is 0 Å². The number of hydrogen-bond donors (Lipinski definition) is 0. The third kappa shape index (κ3) is 1.16. The van der Waals surface area contributed by atoms with Crippen molar-refractivity contribution in [2.75, 3.05) is 0 Å². The van der Waals surface area contributed by atoms with Gasteiger partial charge >= 0.3 is 0 Å². The second kappa shape index (κ2) is 2.67. The molecule has 1 heteroatoms. The maximum Gasteiger partial charge on any atom is 0.0351 e. The zero-order valence-corrected chi connectivity index (χ0v) is 7.24. The highest BCUT2D eigenvalue weighted by atomic mass is 32.1. The van der Waals surface area contributed by atoms with Crippen molar-refractivity contribution in [2.45, 2.75) is 13.3 Å². The van der Waals surface area contributed by atoms with Gasteiger partial charge in [0.2, 0.25) is 0 Å². The maximum atomic E-state index is 3.19. The Kier molecular flexibility index (Phi) is 1.66. The molecule has 1 aromatic heterocycles. The lowest BCUT2D eigenvalue weighted by atomic mass is 10.1. The smallest absolute Gasteiger partial charge is 0.0351 e. The van der Waals surface area contributed by atoms with Gasteiger partial charge in [0.25, 0.3) is 0 Å². The van der Waals surface area contributed by atoms with Crippen molar-refractivity contribution in [3.63, 3.8) is 0 Å². The average molecular weight is 161 g/mol. The molecule has 11 heavy (non-hydrogen) atoms. The minimum absolute atomic E-state index is 1.12. The van der Waals surface area contributed by atoms with Crippen LogP contribution < -0.4 is 0 Å². The molecular weight excluding hydrogens is 152 g/mol. The number of hydrogen-bond acceptors (Lipinski definition) is 1. The highest BCUT2D eigenvalue weighted by molar-refractivity contribution is 7.17. The number of aryl methyl sites for hydroxylation is 1. The molecule has 0 saturated carbocycles. The molecule has 1 radical (unpaired) electrons. The van der Waals surface area contributed by atoms with E-state index >= 15 is 0 Å². The van der Waals surface area contributed by atoms with Crippen molar-refractivity contribution >= 4 is 21.4 Å². The van der Waals surface area contributed by atoms with Crippen LogP contribution in [0, 0.1) is 6.07 Å². The molecule has 1 heterocycles. The summed E-state index contributed by atoms with van der Waals surface area (Å²) in [7, 11) is 0.